The van der Waals surface area contributed by atoms with Crippen LogP contribution in [-0.4, -0.2) is 43.2 Å². The Morgan fingerprint density at radius 2 is 1.96 bits per heavy atom. The van der Waals surface area contributed by atoms with Gasteiger partial charge in [-0.2, -0.15) is 0 Å². The Labute approximate surface area is 170 Å². The highest BCUT2D eigenvalue weighted by atomic mass is 35.5. The summed E-state index contributed by atoms with van der Waals surface area (Å²) in [4.78, 5) is 15.3. The average Bonchev–Trinajstić information content (AvgIpc) is 3.58. The molecule has 5 nitrogen and oxygen atoms in total. The minimum atomic E-state index is -0.128. The molecule has 2 atom stereocenters. The molecule has 1 amide bonds. The van der Waals surface area contributed by atoms with Gasteiger partial charge in [-0.05, 0) is 42.5 Å². The first-order valence-corrected chi connectivity index (χ1v) is 10.2. The zero-order chi connectivity index (χ0) is 19.5. The van der Waals surface area contributed by atoms with Crippen molar-refractivity contribution in [2.45, 2.75) is 25.0 Å². The molecule has 28 heavy (non-hydrogen) atoms. The maximum Gasteiger partial charge on any atom is 0.257 e. The number of nitrogens with zero attached hydrogens (tertiary/aromatic N) is 1. The molecule has 4 rings (SSSR count). The number of halogens is 1. The molecular weight excluding hydrogens is 376 g/mol. The molecule has 2 fully saturated rings. The van der Waals surface area contributed by atoms with Gasteiger partial charge in [0, 0.05) is 18.1 Å². The van der Waals surface area contributed by atoms with E-state index < -0.39 is 0 Å². The van der Waals surface area contributed by atoms with E-state index in [1.807, 2.05) is 23.1 Å². The van der Waals surface area contributed by atoms with E-state index in [4.69, 9.17) is 26.8 Å². The van der Waals surface area contributed by atoms with Gasteiger partial charge in [0.25, 0.3) is 5.91 Å². The van der Waals surface area contributed by atoms with Crippen LogP contribution in [0.1, 0.15) is 34.9 Å². The summed E-state index contributed by atoms with van der Waals surface area (Å²) in [6.07, 6.45) is 2.26. The highest BCUT2D eigenvalue weighted by Crippen LogP contribution is 2.40. The summed E-state index contributed by atoms with van der Waals surface area (Å²) in [5, 5.41) is 0.509. The van der Waals surface area contributed by atoms with Crippen molar-refractivity contribution in [2.24, 2.45) is 11.7 Å². The molecule has 1 heterocycles. The quantitative estimate of drug-likeness (QED) is 0.803. The summed E-state index contributed by atoms with van der Waals surface area (Å²) in [6, 6.07) is 15.2. The molecule has 1 saturated carbocycles. The molecule has 2 N–H and O–H groups in total. The molecule has 1 aliphatic carbocycles. The van der Waals surface area contributed by atoms with Gasteiger partial charge in [0.1, 0.15) is 18.5 Å². The van der Waals surface area contributed by atoms with Crippen molar-refractivity contribution >= 4 is 17.5 Å². The summed E-state index contributed by atoms with van der Waals surface area (Å²) in [6.45, 7) is 1.83. The Morgan fingerprint density at radius 3 is 2.68 bits per heavy atom. The van der Waals surface area contributed by atoms with Crippen LogP contribution in [0.15, 0.2) is 48.5 Å². The van der Waals surface area contributed by atoms with Crippen LogP contribution < -0.4 is 10.5 Å². The van der Waals surface area contributed by atoms with Crippen LogP contribution in [0.2, 0.25) is 5.02 Å². The third-order valence-corrected chi connectivity index (χ3v) is 5.51. The lowest BCUT2D eigenvalue weighted by atomic mass is 10.0. The fraction of sp³-hybridized carbons (Fsp3) is 0.409. The van der Waals surface area contributed by atoms with Gasteiger partial charge in [0.2, 0.25) is 0 Å². The molecule has 1 aliphatic heterocycles. The van der Waals surface area contributed by atoms with E-state index in [-0.39, 0.29) is 18.1 Å². The third-order valence-electron chi connectivity index (χ3n) is 5.28. The fourth-order valence-electron chi connectivity index (χ4n) is 3.67. The van der Waals surface area contributed by atoms with E-state index in [9.17, 15) is 4.79 Å². The second-order valence-corrected chi connectivity index (χ2v) is 7.84. The number of hydrogen-bond donors (Lipinski definition) is 1. The number of ether oxygens (including phenoxy) is 2. The van der Waals surface area contributed by atoms with Crippen LogP contribution in [0.3, 0.4) is 0 Å². The van der Waals surface area contributed by atoms with Crippen molar-refractivity contribution in [3.8, 4) is 5.75 Å². The maximum absolute atomic E-state index is 13.4. The van der Waals surface area contributed by atoms with E-state index in [0.29, 0.717) is 48.5 Å². The lowest BCUT2D eigenvalue weighted by Gasteiger charge is -2.39. The molecule has 0 radical (unpaired) electrons. The molecule has 2 aromatic carbocycles. The zero-order valence-electron chi connectivity index (χ0n) is 15.7. The number of morpholine rings is 1. The van der Waals surface area contributed by atoms with Crippen molar-refractivity contribution < 1.29 is 14.3 Å². The Hall–Kier alpha value is -2.08. The Morgan fingerprint density at radius 1 is 1.18 bits per heavy atom. The number of rotatable bonds is 6. The molecule has 0 unspecified atom stereocenters. The van der Waals surface area contributed by atoms with Crippen molar-refractivity contribution in [3.05, 3.63) is 64.7 Å². The van der Waals surface area contributed by atoms with Crippen LogP contribution in [0, 0.1) is 5.92 Å². The van der Waals surface area contributed by atoms with Crippen molar-refractivity contribution in [1.82, 2.24) is 4.90 Å². The van der Waals surface area contributed by atoms with Gasteiger partial charge in [-0.3, -0.25) is 4.79 Å². The summed E-state index contributed by atoms with van der Waals surface area (Å²) in [7, 11) is 0. The maximum atomic E-state index is 13.4. The third kappa shape index (κ3) is 4.32. The predicted molar refractivity (Wildman–Crippen MR) is 109 cm³/mol. The summed E-state index contributed by atoms with van der Waals surface area (Å²) < 4.78 is 12.1. The smallest absolute Gasteiger partial charge is 0.257 e. The van der Waals surface area contributed by atoms with E-state index in [0.717, 1.165) is 18.4 Å². The Kier molecular flexibility index (Phi) is 5.85. The SMILES string of the molecule is NCCOc1ccc(Cl)cc1C(=O)N1C[C@@H](c2ccccc2)O[C@@H](C2CC2)C1. The van der Waals surface area contributed by atoms with Gasteiger partial charge in [0.05, 0.1) is 18.2 Å². The van der Waals surface area contributed by atoms with Gasteiger partial charge >= 0.3 is 0 Å². The van der Waals surface area contributed by atoms with Crippen molar-refractivity contribution in [2.75, 3.05) is 26.2 Å². The second-order valence-electron chi connectivity index (χ2n) is 7.40. The number of carbonyl (C=O) groups excluding carboxylic acids is 1. The fourth-order valence-corrected chi connectivity index (χ4v) is 3.84. The van der Waals surface area contributed by atoms with Crippen molar-refractivity contribution in [3.63, 3.8) is 0 Å². The molecule has 0 bridgehead atoms. The number of carbonyl (C=O) groups is 1. The standard InChI is InChI=1S/C22H25ClN2O3/c23-17-8-9-19(27-11-10-24)18(12-17)22(26)25-13-20(15-4-2-1-3-5-15)28-21(14-25)16-6-7-16/h1-5,8-9,12,16,20-21H,6-7,10-11,13-14,24H2/t20-,21+/m0/s1. The lowest BCUT2D eigenvalue weighted by Crippen LogP contribution is -2.47. The second kappa shape index (κ2) is 8.52. The Balaban J connectivity index is 1.60. The van der Waals surface area contributed by atoms with Crippen LogP contribution in [0.4, 0.5) is 0 Å². The summed E-state index contributed by atoms with van der Waals surface area (Å²) >= 11 is 6.17. The van der Waals surface area contributed by atoms with E-state index >= 15 is 0 Å². The number of nitrogens with two attached hydrogens (primary N) is 1. The summed E-state index contributed by atoms with van der Waals surface area (Å²) in [5.41, 5.74) is 7.12. The molecule has 0 spiro atoms. The number of amides is 1. The molecular formula is C22H25ClN2O3. The molecule has 6 heteroatoms. The van der Waals surface area contributed by atoms with Gasteiger partial charge in [-0.15, -0.1) is 0 Å². The molecule has 2 aromatic rings. The van der Waals surface area contributed by atoms with E-state index in [1.54, 1.807) is 18.2 Å². The Bertz CT molecular complexity index is 826. The van der Waals surface area contributed by atoms with Gasteiger partial charge < -0.3 is 20.1 Å². The number of benzene rings is 2. The van der Waals surface area contributed by atoms with Gasteiger partial charge in [0.15, 0.2) is 0 Å². The highest BCUT2D eigenvalue weighted by Gasteiger charge is 2.40. The van der Waals surface area contributed by atoms with E-state index in [2.05, 4.69) is 12.1 Å². The largest absolute Gasteiger partial charge is 0.491 e. The molecule has 2 aliphatic rings. The first-order chi connectivity index (χ1) is 13.7. The first kappa shape index (κ1) is 19.2. The lowest BCUT2D eigenvalue weighted by molar-refractivity contribution is -0.0864. The molecule has 148 valence electrons. The van der Waals surface area contributed by atoms with Crippen LogP contribution in [0.5, 0.6) is 5.75 Å². The number of hydrogen-bond acceptors (Lipinski definition) is 4. The van der Waals surface area contributed by atoms with Crippen LogP contribution in [-0.2, 0) is 4.74 Å². The topological polar surface area (TPSA) is 64.8 Å². The minimum absolute atomic E-state index is 0.0653. The first-order valence-electron chi connectivity index (χ1n) is 9.78. The van der Waals surface area contributed by atoms with Gasteiger partial charge in [-0.25, -0.2) is 0 Å². The van der Waals surface area contributed by atoms with Crippen LogP contribution in [0.25, 0.3) is 0 Å². The van der Waals surface area contributed by atoms with Crippen LogP contribution >= 0.6 is 11.6 Å². The highest BCUT2D eigenvalue weighted by molar-refractivity contribution is 6.31. The molecule has 1 saturated heterocycles. The minimum Gasteiger partial charge on any atom is -0.491 e. The molecule has 0 aromatic heterocycles. The van der Waals surface area contributed by atoms with Crippen molar-refractivity contribution in [1.29, 1.82) is 0 Å². The monoisotopic (exact) mass is 400 g/mol. The van der Waals surface area contributed by atoms with E-state index in [1.165, 1.54) is 0 Å². The predicted octanol–water partition coefficient (Wildman–Crippen LogP) is 3.67. The average molecular weight is 401 g/mol. The summed E-state index contributed by atoms with van der Waals surface area (Å²) in [5.74, 6) is 0.976. The van der Waals surface area contributed by atoms with Gasteiger partial charge in [-0.1, -0.05) is 41.9 Å². The normalized spacial score (nSPS) is 22.1. The zero-order valence-corrected chi connectivity index (χ0v) is 16.5.